The summed E-state index contributed by atoms with van der Waals surface area (Å²) in [6.07, 6.45) is -2.44. The first-order chi connectivity index (χ1) is 13.1. The van der Waals surface area contributed by atoms with Crippen molar-refractivity contribution >= 4 is 5.91 Å². The van der Waals surface area contributed by atoms with Crippen LogP contribution in [-0.4, -0.2) is 47.1 Å². The zero-order chi connectivity index (χ0) is 18.8. The summed E-state index contributed by atoms with van der Waals surface area (Å²) in [4.78, 5) is 12.5. The maximum absolute atomic E-state index is 12.5. The molecule has 1 heterocycles. The average Bonchev–Trinajstić information content (AvgIpc) is 3.46. The van der Waals surface area contributed by atoms with Crippen molar-refractivity contribution in [1.82, 2.24) is 5.32 Å². The Bertz CT molecular complexity index is 769. The molecule has 0 bridgehead atoms. The molecule has 0 unspecified atom stereocenters. The fraction of sp³-hybridized carbons (Fsp3) is 0.381. The lowest BCUT2D eigenvalue weighted by Crippen LogP contribution is -2.47. The fourth-order valence-electron chi connectivity index (χ4n) is 3.71. The number of nitrogens with one attached hydrogen (secondary N) is 1. The van der Waals surface area contributed by atoms with Crippen molar-refractivity contribution in [3.05, 3.63) is 71.8 Å². The van der Waals surface area contributed by atoms with Crippen LogP contribution in [0, 0.1) is 5.92 Å². The predicted molar refractivity (Wildman–Crippen MR) is 97.6 cm³/mol. The van der Waals surface area contributed by atoms with Crippen molar-refractivity contribution < 1.29 is 24.5 Å². The third-order valence-corrected chi connectivity index (χ3v) is 5.25. The molecule has 1 aliphatic carbocycles. The van der Waals surface area contributed by atoms with Gasteiger partial charge in [0.05, 0.1) is 25.4 Å². The number of fused-ring (bicyclic) bond motifs is 1. The van der Waals surface area contributed by atoms with E-state index >= 15 is 0 Å². The fourth-order valence-corrected chi connectivity index (χ4v) is 3.71. The van der Waals surface area contributed by atoms with Crippen LogP contribution in [-0.2, 0) is 20.9 Å². The highest BCUT2D eigenvalue weighted by molar-refractivity contribution is 5.82. The van der Waals surface area contributed by atoms with Gasteiger partial charge in [0.2, 0.25) is 0 Å². The Balaban J connectivity index is 1.36. The number of ether oxygens (including phenoxy) is 2. The summed E-state index contributed by atoms with van der Waals surface area (Å²) in [6, 6.07) is 18.2. The normalized spacial score (nSPS) is 29.8. The van der Waals surface area contributed by atoms with Gasteiger partial charge in [0, 0.05) is 5.92 Å². The lowest BCUT2D eigenvalue weighted by atomic mass is 10.0. The molecule has 1 aliphatic heterocycles. The number of rotatable bonds is 7. The summed E-state index contributed by atoms with van der Waals surface area (Å²) in [5, 5.41) is 23.5. The number of carbonyl (C=O) groups is 1. The lowest BCUT2D eigenvalue weighted by molar-refractivity contribution is -0.131. The van der Waals surface area contributed by atoms with Gasteiger partial charge in [-0.05, 0) is 11.1 Å². The van der Waals surface area contributed by atoms with Gasteiger partial charge in [-0.2, -0.15) is 0 Å². The summed E-state index contributed by atoms with van der Waals surface area (Å²) in [7, 11) is 0. The van der Waals surface area contributed by atoms with E-state index in [-0.39, 0.29) is 24.2 Å². The van der Waals surface area contributed by atoms with Gasteiger partial charge in [-0.25, -0.2) is 0 Å². The molecule has 142 valence electrons. The summed E-state index contributed by atoms with van der Waals surface area (Å²) in [6.45, 7) is 0.742. The number of hydrogen-bond donors (Lipinski definition) is 3. The molecule has 3 N–H and O–H groups in total. The molecular weight excluding hydrogens is 346 g/mol. The zero-order valence-electron chi connectivity index (χ0n) is 14.8. The molecule has 6 heteroatoms. The third-order valence-electron chi connectivity index (χ3n) is 5.25. The first-order valence-electron chi connectivity index (χ1n) is 9.14. The van der Waals surface area contributed by atoms with Crippen molar-refractivity contribution in [3.63, 3.8) is 0 Å². The number of benzene rings is 2. The molecule has 27 heavy (non-hydrogen) atoms. The van der Waals surface area contributed by atoms with Crippen LogP contribution in [0.2, 0.25) is 0 Å². The first kappa shape index (κ1) is 18.1. The van der Waals surface area contributed by atoms with Crippen molar-refractivity contribution in [3.8, 4) is 0 Å². The van der Waals surface area contributed by atoms with Crippen LogP contribution in [0.4, 0.5) is 0 Å². The standard InChI is InChI=1S/C21H23NO5/c23-17(14-9-5-2-6-10-14)21(25)22-16-15(18(24)20-19(16)27-20)12-26-11-13-7-3-1-4-8-13/h1-10,15-20,23-24H,11-12H2,(H,22,25)/t15-,16-,17-,18+,19-,20+/m0/s1. The van der Waals surface area contributed by atoms with E-state index in [1.807, 2.05) is 36.4 Å². The van der Waals surface area contributed by atoms with Crippen molar-refractivity contribution in [1.29, 1.82) is 0 Å². The smallest absolute Gasteiger partial charge is 0.253 e. The highest BCUT2D eigenvalue weighted by Gasteiger charge is 2.62. The Hall–Kier alpha value is -2.25. The number of hydrogen-bond acceptors (Lipinski definition) is 5. The number of amides is 1. The van der Waals surface area contributed by atoms with Crippen LogP contribution in [0.1, 0.15) is 17.2 Å². The number of epoxide rings is 1. The molecule has 1 saturated carbocycles. The average molecular weight is 369 g/mol. The maximum atomic E-state index is 12.5. The molecule has 2 aromatic carbocycles. The minimum atomic E-state index is -1.26. The maximum Gasteiger partial charge on any atom is 0.253 e. The summed E-state index contributed by atoms with van der Waals surface area (Å²) < 4.78 is 11.2. The monoisotopic (exact) mass is 369 g/mol. The van der Waals surface area contributed by atoms with E-state index in [0.29, 0.717) is 18.8 Å². The second kappa shape index (κ2) is 7.78. The molecule has 4 rings (SSSR count). The van der Waals surface area contributed by atoms with Crippen LogP contribution in [0.15, 0.2) is 60.7 Å². The van der Waals surface area contributed by atoms with Gasteiger partial charge in [-0.15, -0.1) is 0 Å². The quantitative estimate of drug-likeness (QED) is 0.638. The Labute approximate surface area is 157 Å². The van der Waals surface area contributed by atoms with Crippen LogP contribution in [0.5, 0.6) is 0 Å². The van der Waals surface area contributed by atoms with Crippen molar-refractivity contribution in [2.24, 2.45) is 5.92 Å². The van der Waals surface area contributed by atoms with E-state index in [2.05, 4.69) is 5.32 Å². The van der Waals surface area contributed by atoms with Crippen LogP contribution >= 0.6 is 0 Å². The molecule has 0 spiro atoms. The van der Waals surface area contributed by atoms with Gasteiger partial charge in [0.15, 0.2) is 6.10 Å². The minimum absolute atomic E-state index is 0.225. The molecule has 2 fully saturated rings. The first-order valence-corrected chi connectivity index (χ1v) is 9.14. The second-order valence-corrected chi connectivity index (χ2v) is 7.07. The van der Waals surface area contributed by atoms with Gasteiger partial charge in [-0.1, -0.05) is 60.7 Å². The molecule has 1 saturated heterocycles. The van der Waals surface area contributed by atoms with E-state index < -0.39 is 18.1 Å². The van der Waals surface area contributed by atoms with Crippen molar-refractivity contribution in [2.75, 3.05) is 6.61 Å². The zero-order valence-corrected chi connectivity index (χ0v) is 14.8. The lowest BCUT2D eigenvalue weighted by Gasteiger charge is -2.26. The van der Waals surface area contributed by atoms with Gasteiger partial charge >= 0.3 is 0 Å². The molecule has 0 radical (unpaired) electrons. The topological polar surface area (TPSA) is 91.3 Å². The largest absolute Gasteiger partial charge is 0.390 e. The van der Waals surface area contributed by atoms with Crippen LogP contribution in [0.3, 0.4) is 0 Å². The van der Waals surface area contributed by atoms with Crippen LogP contribution in [0.25, 0.3) is 0 Å². The third kappa shape index (κ3) is 3.89. The van der Waals surface area contributed by atoms with E-state index in [9.17, 15) is 15.0 Å². The van der Waals surface area contributed by atoms with Gasteiger partial charge in [-0.3, -0.25) is 4.79 Å². The van der Waals surface area contributed by atoms with Gasteiger partial charge < -0.3 is 25.0 Å². The molecule has 1 amide bonds. The van der Waals surface area contributed by atoms with Gasteiger partial charge in [0.1, 0.15) is 12.2 Å². The Morgan fingerprint density at radius 3 is 2.44 bits per heavy atom. The van der Waals surface area contributed by atoms with E-state index in [0.717, 1.165) is 5.56 Å². The summed E-state index contributed by atoms with van der Waals surface area (Å²) >= 11 is 0. The van der Waals surface area contributed by atoms with Crippen molar-refractivity contribution in [2.45, 2.75) is 37.1 Å². The second-order valence-electron chi connectivity index (χ2n) is 7.07. The van der Waals surface area contributed by atoms with E-state index in [4.69, 9.17) is 9.47 Å². The van der Waals surface area contributed by atoms with E-state index in [1.165, 1.54) is 0 Å². The number of carbonyl (C=O) groups excluding carboxylic acids is 1. The Kier molecular flexibility index (Phi) is 5.22. The molecule has 6 nitrogen and oxygen atoms in total. The summed E-state index contributed by atoms with van der Waals surface area (Å²) in [5.41, 5.74) is 1.57. The highest BCUT2D eigenvalue weighted by atomic mass is 16.6. The van der Waals surface area contributed by atoms with Crippen LogP contribution < -0.4 is 5.32 Å². The Morgan fingerprint density at radius 2 is 1.74 bits per heavy atom. The minimum Gasteiger partial charge on any atom is -0.390 e. The number of aliphatic hydroxyl groups excluding tert-OH is 2. The summed E-state index contributed by atoms with van der Waals surface area (Å²) in [5.74, 6) is -0.771. The Morgan fingerprint density at radius 1 is 1.07 bits per heavy atom. The highest BCUT2D eigenvalue weighted by Crippen LogP contribution is 2.43. The van der Waals surface area contributed by atoms with Gasteiger partial charge in [0.25, 0.3) is 5.91 Å². The molecular formula is C21H23NO5. The molecule has 6 atom stereocenters. The predicted octanol–water partition coefficient (Wildman–Crippen LogP) is 1.18. The molecule has 2 aromatic rings. The molecule has 0 aromatic heterocycles. The SMILES string of the molecule is O=C(N[C@H]1[C@H](COCc2ccccc2)[C@@H](O)[C@H]2O[C@@H]12)[C@@H](O)c1ccccc1. The molecule has 2 aliphatic rings. The number of aliphatic hydroxyl groups is 2. The van der Waals surface area contributed by atoms with E-state index in [1.54, 1.807) is 24.3 Å².